The van der Waals surface area contributed by atoms with Gasteiger partial charge < -0.3 is 4.74 Å². The Morgan fingerprint density at radius 1 is 1.27 bits per heavy atom. The zero-order valence-electron chi connectivity index (χ0n) is 12.4. The van der Waals surface area contributed by atoms with Crippen molar-refractivity contribution in [3.05, 3.63) is 35.3 Å². The zero-order valence-corrected chi connectivity index (χ0v) is 14.0. The molecule has 0 unspecified atom stereocenters. The predicted molar refractivity (Wildman–Crippen MR) is 85.6 cm³/mol. The molecule has 0 bridgehead atoms. The van der Waals surface area contributed by atoms with Crippen molar-refractivity contribution in [2.45, 2.75) is 20.0 Å². The molecule has 0 aliphatic heterocycles. The summed E-state index contributed by atoms with van der Waals surface area (Å²) in [6.45, 7) is 3.89. The molecule has 8 heteroatoms. The number of amides is 1. The summed E-state index contributed by atoms with van der Waals surface area (Å²) in [6.07, 6.45) is 1.02. The Morgan fingerprint density at radius 2 is 1.91 bits per heavy atom. The second-order valence-electron chi connectivity index (χ2n) is 4.93. The Bertz CT molecular complexity index is 764. The van der Waals surface area contributed by atoms with E-state index >= 15 is 0 Å². The van der Waals surface area contributed by atoms with Crippen molar-refractivity contribution in [1.82, 2.24) is 9.71 Å². The van der Waals surface area contributed by atoms with Crippen molar-refractivity contribution in [3.8, 4) is 16.3 Å². The van der Waals surface area contributed by atoms with E-state index in [1.54, 1.807) is 0 Å². The van der Waals surface area contributed by atoms with Crippen LogP contribution in [0.3, 0.4) is 0 Å². The van der Waals surface area contributed by atoms with Crippen LogP contribution in [0.2, 0.25) is 0 Å². The van der Waals surface area contributed by atoms with Crippen LogP contribution in [0.25, 0.3) is 10.6 Å². The molecular formula is C14H16N2O4S2. The zero-order chi connectivity index (χ0) is 16.3. The first-order valence-corrected chi connectivity index (χ1v) is 9.26. The van der Waals surface area contributed by atoms with Crippen molar-refractivity contribution in [2.75, 3.05) is 6.26 Å². The molecule has 0 aliphatic rings. The quantitative estimate of drug-likeness (QED) is 0.902. The van der Waals surface area contributed by atoms with Crippen molar-refractivity contribution in [1.29, 1.82) is 0 Å². The monoisotopic (exact) mass is 340 g/mol. The number of hydrogen-bond donors (Lipinski definition) is 1. The number of rotatable bonds is 5. The van der Waals surface area contributed by atoms with Crippen LogP contribution < -0.4 is 9.46 Å². The summed E-state index contributed by atoms with van der Waals surface area (Å²) in [5.74, 6) is 0.0233. The molecule has 0 radical (unpaired) electrons. The SMILES string of the molecule is CC(C)Oc1ccc(-c2nc(C(=O)NS(C)(=O)=O)cs2)cc1. The van der Waals surface area contributed by atoms with Crippen molar-refractivity contribution in [2.24, 2.45) is 0 Å². The van der Waals surface area contributed by atoms with E-state index in [1.807, 2.05) is 42.8 Å². The first-order chi connectivity index (χ1) is 10.2. The molecule has 1 N–H and O–H groups in total. The van der Waals surface area contributed by atoms with Gasteiger partial charge in [-0.25, -0.2) is 18.1 Å². The van der Waals surface area contributed by atoms with Crippen LogP contribution in [0.4, 0.5) is 0 Å². The lowest BCUT2D eigenvalue weighted by Crippen LogP contribution is -2.29. The number of sulfonamides is 1. The predicted octanol–water partition coefficient (Wildman–Crippen LogP) is 2.29. The Labute approximate surface area is 133 Å². The van der Waals surface area contributed by atoms with Crippen LogP contribution in [0.5, 0.6) is 5.75 Å². The molecule has 118 valence electrons. The maximum absolute atomic E-state index is 11.7. The molecule has 0 atom stereocenters. The first-order valence-electron chi connectivity index (χ1n) is 6.49. The largest absolute Gasteiger partial charge is 0.491 e. The van der Waals surface area contributed by atoms with E-state index < -0.39 is 15.9 Å². The summed E-state index contributed by atoms with van der Waals surface area (Å²) in [4.78, 5) is 15.9. The average Bonchev–Trinajstić information content (AvgIpc) is 2.86. The third kappa shape index (κ3) is 4.54. The van der Waals surface area contributed by atoms with Gasteiger partial charge in [-0.05, 0) is 38.1 Å². The van der Waals surface area contributed by atoms with Crippen LogP contribution in [0.1, 0.15) is 24.3 Å². The van der Waals surface area contributed by atoms with Gasteiger partial charge >= 0.3 is 0 Å². The number of aromatic nitrogens is 1. The first kappa shape index (κ1) is 16.4. The van der Waals surface area contributed by atoms with Gasteiger partial charge in [0, 0.05) is 10.9 Å². The summed E-state index contributed by atoms with van der Waals surface area (Å²) in [5.41, 5.74) is 0.910. The highest BCUT2D eigenvalue weighted by atomic mass is 32.2. The van der Waals surface area contributed by atoms with Crippen molar-refractivity contribution < 1.29 is 17.9 Å². The molecule has 22 heavy (non-hydrogen) atoms. The standard InChI is InChI=1S/C14H16N2O4S2/c1-9(2)20-11-6-4-10(5-7-11)14-15-12(8-21-14)13(17)16-22(3,18)19/h4-9H,1-3H3,(H,16,17). The third-order valence-corrected chi connectivity index (χ3v) is 3.94. The molecule has 0 saturated heterocycles. The van der Waals surface area contributed by atoms with Crippen LogP contribution in [0, 0.1) is 0 Å². The Balaban J connectivity index is 2.16. The van der Waals surface area contributed by atoms with Crippen LogP contribution in [-0.2, 0) is 10.0 Å². The number of benzene rings is 1. The van der Waals surface area contributed by atoms with Gasteiger partial charge in [0.1, 0.15) is 16.5 Å². The fraction of sp³-hybridized carbons (Fsp3) is 0.286. The van der Waals surface area contributed by atoms with E-state index in [0.29, 0.717) is 5.01 Å². The van der Waals surface area contributed by atoms with Crippen LogP contribution in [0.15, 0.2) is 29.6 Å². The molecule has 1 amide bonds. The molecule has 1 aromatic heterocycles. The maximum atomic E-state index is 11.7. The Hall–Kier alpha value is -1.93. The highest BCUT2D eigenvalue weighted by molar-refractivity contribution is 7.89. The summed E-state index contributed by atoms with van der Waals surface area (Å²) >= 11 is 1.27. The van der Waals surface area contributed by atoms with Crippen LogP contribution >= 0.6 is 11.3 Å². The summed E-state index contributed by atoms with van der Waals surface area (Å²) < 4.78 is 29.5. The highest BCUT2D eigenvalue weighted by Crippen LogP contribution is 2.26. The molecule has 2 aromatic rings. The number of hydrogen-bond acceptors (Lipinski definition) is 6. The second-order valence-corrected chi connectivity index (χ2v) is 7.54. The molecule has 0 fully saturated rings. The minimum absolute atomic E-state index is 0.0768. The fourth-order valence-electron chi connectivity index (χ4n) is 1.68. The third-order valence-electron chi connectivity index (χ3n) is 2.49. The minimum atomic E-state index is -3.60. The maximum Gasteiger partial charge on any atom is 0.284 e. The lowest BCUT2D eigenvalue weighted by Gasteiger charge is -2.09. The molecule has 2 rings (SSSR count). The molecule has 1 aromatic carbocycles. The topological polar surface area (TPSA) is 85.4 Å². The number of carbonyl (C=O) groups excluding carboxylic acids is 1. The van der Waals surface area contributed by atoms with E-state index in [4.69, 9.17) is 4.74 Å². The van der Waals surface area contributed by atoms with Crippen molar-refractivity contribution in [3.63, 3.8) is 0 Å². The van der Waals surface area contributed by atoms with E-state index in [0.717, 1.165) is 17.6 Å². The van der Waals surface area contributed by atoms with Gasteiger partial charge in [0.25, 0.3) is 5.91 Å². The second kappa shape index (κ2) is 6.45. The number of nitrogens with zero attached hydrogens (tertiary/aromatic N) is 1. The van der Waals surface area contributed by atoms with E-state index in [2.05, 4.69) is 4.98 Å². The number of nitrogens with one attached hydrogen (secondary N) is 1. The van der Waals surface area contributed by atoms with Gasteiger partial charge in [-0.3, -0.25) is 4.79 Å². The minimum Gasteiger partial charge on any atom is -0.491 e. The molecule has 1 heterocycles. The molecule has 0 spiro atoms. The van der Waals surface area contributed by atoms with Gasteiger partial charge in [0.2, 0.25) is 10.0 Å². The smallest absolute Gasteiger partial charge is 0.284 e. The van der Waals surface area contributed by atoms with E-state index in [1.165, 1.54) is 16.7 Å². The Kier molecular flexibility index (Phi) is 4.82. The number of ether oxygens (including phenoxy) is 1. The molecular weight excluding hydrogens is 324 g/mol. The van der Waals surface area contributed by atoms with Crippen molar-refractivity contribution >= 4 is 27.3 Å². The molecule has 0 saturated carbocycles. The number of carbonyl (C=O) groups is 1. The normalized spacial score (nSPS) is 11.5. The van der Waals surface area contributed by atoms with Gasteiger partial charge in [-0.2, -0.15) is 0 Å². The summed E-state index contributed by atoms with van der Waals surface area (Å²) in [6, 6.07) is 7.34. The van der Waals surface area contributed by atoms with Crippen LogP contribution in [-0.4, -0.2) is 31.7 Å². The lowest BCUT2D eigenvalue weighted by molar-refractivity contribution is 0.0977. The lowest BCUT2D eigenvalue weighted by atomic mass is 10.2. The van der Waals surface area contributed by atoms with E-state index in [-0.39, 0.29) is 11.8 Å². The highest BCUT2D eigenvalue weighted by Gasteiger charge is 2.15. The Morgan fingerprint density at radius 3 is 2.45 bits per heavy atom. The van der Waals surface area contributed by atoms with E-state index in [9.17, 15) is 13.2 Å². The molecule has 6 nitrogen and oxygen atoms in total. The average molecular weight is 340 g/mol. The molecule has 0 aliphatic carbocycles. The number of thiazole rings is 1. The summed E-state index contributed by atoms with van der Waals surface area (Å²) in [5, 5.41) is 2.16. The van der Waals surface area contributed by atoms with Gasteiger partial charge in [-0.15, -0.1) is 11.3 Å². The van der Waals surface area contributed by atoms with Gasteiger partial charge in [0.15, 0.2) is 0 Å². The van der Waals surface area contributed by atoms with Gasteiger partial charge in [0.05, 0.1) is 12.4 Å². The fourth-order valence-corrected chi connectivity index (χ4v) is 2.93. The summed E-state index contributed by atoms with van der Waals surface area (Å²) in [7, 11) is -3.60. The van der Waals surface area contributed by atoms with Gasteiger partial charge in [-0.1, -0.05) is 0 Å².